The molecular formula is C12H11ClN4O. The largest absolute Gasteiger partial charge is 0.481 e. The highest BCUT2D eigenvalue weighted by Gasteiger charge is 2.19. The Balaban J connectivity index is 2.09. The van der Waals surface area contributed by atoms with Crippen LogP contribution in [0.3, 0.4) is 0 Å². The van der Waals surface area contributed by atoms with Crippen LogP contribution in [0.2, 0.25) is 5.15 Å². The summed E-state index contributed by atoms with van der Waals surface area (Å²) in [5.41, 5.74) is 2.72. The summed E-state index contributed by atoms with van der Waals surface area (Å²) in [6.07, 6.45) is 4.42. The Kier molecular flexibility index (Phi) is 2.83. The number of ether oxygens (including phenoxy) is 1. The van der Waals surface area contributed by atoms with Gasteiger partial charge in [-0.25, -0.2) is 19.9 Å². The van der Waals surface area contributed by atoms with Gasteiger partial charge in [0.05, 0.1) is 7.11 Å². The minimum atomic E-state index is 0.486. The summed E-state index contributed by atoms with van der Waals surface area (Å²) in [6, 6.07) is 1.70. The third kappa shape index (κ3) is 1.90. The van der Waals surface area contributed by atoms with Crippen LogP contribution in [0.4, 0.5) is 0 Å². The van der Waals surface area contributed by atoms with Gasteiger partial charge in [-0.05, 0) is 19.3 Å². The quantitative estimate of drug-likeness (QED) is 0.776. The molecule has 0 unspecified atom stereocenters. The molecule has 2 heterocycles. The third-order valence-corrected chi connectivity index (χ3v) is 3.28. The second kappa shape index (κ2) is 4.49. The Bertz CT molecular complexity index is 603. The number of fused-ring (bicyclic) bond motifs is 1. The van der Waals surface area contributed by atoms with Gasteiger partial charge in [0.15, 0.2) is 5.82 Å². The maximum Gasteiger partial charge on any atom is 0.216 e. The zero-order chi connectivity index (χ0) is 12.5. The second-order valence-corrected chi connectivity index (χ2v) is 4.42. The van der Waals surface area contributed by atoms with Crippen molar-refractivity contribution < 1.29 is 4.74 Å². The van der Waals surface area contributed by atoms with Crippen LogP contribution >= 0.6 is 11.6 Å². The molecule has 0 radical (unpaired) electrons. The van der Waals surface area contributed by atoms with E-state index in [1.54, 1.807) is 13.2 Å². The van der Waals surface area contributed by atoms with Gasteiger partial charge in [-0.1, -0.05) is 11.6 Å². The molecule has 0 bridgehead atoms. The Labute approximate surface area is 109 Å². The molecule has 2 aromatic heterocycles. The molecule has 2 aromatic rings. The molecule has 0 fully saturated rings. The molecule has 6 heteroatoms. The highest BCUT2D eigenvalue weighted by molar-refractivity contribution is 6.30. The van der Waals surface area contributed by atoms with Crippen LogP contribution in [0.25, 0.3) is 11.5 Å². The monoisotopic (exact) mass is 262 g/mol. The van der Waals surface area contributed by atoms with Crippen LogP contribution < -0.4 is 4.74 Å². The van der Waals surface area contributed by atoms with E-state index < -0.39 is 0 Å². The first kappa shape index (κ1) is 11.3. The van der Waals surface area contributed by atoms with Crippen LogP contribution in [0.5, 0.6) is 5.88 Å². The van der Waals surface area contributed by atoms with E-state index in [0.29, 0.717) is 22.6 Å². The van der Waals surface area contributed by atoms with Crippen LogP contribution in [0.15, 0.2) is 12.4 Å². The zero-order valence-corrected chi connectivity index (χ0v) is 10.6. The molecule has 0 spiro atoms. The van der Waals surface area contributed by atoms with Gasteiger partial charge in [-0.3, -0.25) is 0 Å². The lowest BCUT2D eigenvalue weighted by Gasteiger charge is -2.05. The first-order valence-corrected chi connectivity index (χ1v) is 6.07. The van der Waals surface area contributed by atoms with Crippen LogP contribution in [-0.2, 0) is 12.8 Å². The van der Waals surface area contributed by atoms with Crippen molar-refractivity contribution in [2.24, 2.45) is 0 Å². The van der Waals surface area contributed by atoms with Crippen molar-refractivity contribution in [1.29, 1.82) is 0 Å². The first-order valence-electron chi connectivity index (χ1n) is 5.69. The van der Waals surface area contributed by atoms with Crippen molar-refractivity contribution in [3.63, 3.8) is 0 Å². The Morgan fingerprint density at radius 3 is 2.94 bits per heavy atom. The van der Waals surface area contributed by atoms with Gasteiger partial charge in [-0.2, -0.15) is 0 Å². The van der Waals surface area contributed by atoms with Crippen molar-refractivity contribution >= 4 is 11.6 Å². The minimum absolute atomic E-state index is 0.486. The fraction of sp³-hybridized carbons (Fsp3) is 0.333. The van der Waals surface area contributed by atoms with E-state index in [-0.39, 0.29) is 0 Å². The zero-order valence-electron chi connectivity index (χ0n) is 9.85. The van der Waals surface area contributed by atoms with Crippen LogP contribution in [0.1, 0.15) is 17.7 Å². The fourth-order valence-corrected chi connectivity index (χ4v) is 2.36. The summed E-state index contributed by atoms with van der Waals surface area (Å²) in [5.74, 6) is 1.02. The number of aromatic nitrogens is 4. The van der Waals surface area contributed by atoms with E-state index in [0.717, 1.165) is 30.5 Å². The average Bonchev–Trinajstić information content (AvgIpc) is 2.87. The average molecular weight is 263 g/mol. The van der Waals surface area contributed by atoms with Crippen LogP contribution in [-0.4, -0.2) is 27.0 Å². The van der Waals surface area contributed by atoms with Crippen molar-refractivity contribution in [2.45, 2.75) is 19.3 Å². The molecule has 3 rings (SSSR count). The van der Waals surface area contributed by atoms with E-state index in [1.165, 1.54) is 6.33 Å². The minimum Gasteiger partial charge on any atom is -0.481 e. The lowest BCUT2D eigenvalue weighted by atomic mass is 10.2. The van der Waals surface area contributed by atoms with Gasteiger partial charge in [0.2, 0.25) is 5.88 Å². The topological polar surface area (TPSA) is 60.8 Å². The summed E-state index contributed by atoms with van der Waals surface area (Å²) in [7, 11) is 1.56. The smallest absolute Gasteiger partial charge is 0.216 e. The highest BCUT2D eigenvalue weighted by atomic mass is 35.5. The molecule has 0 N–H and O–H groups in total. The summed E-state index contributed by atoms with van der Waals surface area (Å²) in [6.45, 7) is 0. The Morgan fingerprint density at radius 1 is 1.22 bits per heavy atom. The van der Waals surface area contributed by atoms with E-state index >= 15 is 0 Å². The fourth-order valence-electron chi connectivity index (χ4n) is 2.07. The van der Waals surface area contributed by atoms with Crippen molar-refractivity contribution in [3.05, 3.63) is 28.8 Å². The lowest BCUT2D eigenvalue weighted by molar-refractivity contribution is 0.397. The first-order chi connectivity index (χ1) is 8.78. The summed E-state index contributed by atoms with van der Waals surface area (Å²) in [4.78, 5) is 16.9. The van der Waals surface area contributed by atoms with Crippen molar-refractivity contribution in [3.8, 4) is 17.4 Å². The third-order valence-electron chi connectivity index (χ3n) is 2.96. The predicted molar refractivity (Wildman–Crippen MR) is 66.6 cm³/mol. The lowest BCUT2D eigenvalue weighted by Crippen LogP contribution is -1.99. The number of methoxy groups -OCH3 is 1. The molecule has 0 atom stereocenters. The van der Waals surface area contributed by atoms with Gasteiger partial charge >= 0.3 is 0 Å². The standard InChI is InChI=1S/C12H11ClN4O/c1-18-10-5-9(14-6-15-10)12-16-8-4-2-3-7(8)11(13)17-12/h5-6H,2-4H2,1H3. The van der Waals surface area contributed by atoms with Gasteiger partial charge < -0.3 is 4.74 Å². The maximum absolute atomic E-state index is 6.17. The van der Waals surface area contributed by atoms with E-state index in [1.807, 2.05) is 0 Å². The Hall–Kier alpha value is -1.75. The molecule has 1 aliphatic rings. The van der Waals surface area contributed by atoms with E-state index in [9.17, 15) is 0 Å². The number of aryl methyl sites for hydroxylation is 1. The van der Waals surface area contributed by atoms with Gasteiger partial charge in [0.25, 0.3) is 0 Å². The number of nitrogens with zero attached hydrogens (tertiary/aromatic N) is 4. The summed E-state index contributed by atoms with van der Waals surface area (Å²) >= 11 is 6.17. The van der Waals surface area contributed by atoms with Crippen molar-refractivity contribution in [1.82, 2.24) is 19.9 Å². The van der Waals surface area contributed by atoms with Gasteiger partial charge in [-0.15, -0.1) is 0 Å². The SMILES string of the molecule is COc1cc(-c2nc(Cl)c3c(n2)CCC3)ncn1. The number of halogens is 1. The number of rotatable bonds is 2. The molecular weight excluding hydrogens is 252 g/mol. The molecule has 18 heavy (non-hydrogen) atoms. The molecule has 1 aliphatic carbocycles. The molecule has 0 aromatic carbocycles. The molecule has 0 saturated heterocycles. The maximum atomic E-state index is 6.17. The Morgan fingerprint density at radius 2 is 2.11 bits per heavy atom. The van der Waals surface area contributed by atoms with E-state index in [4.69, 9.17) is 16.3 Å². The summed E-state index contributed by atoms with van der Waals surface area (Å²) in [5, 5.41) is 0.532. The predicted octanol–water partition coefficient (Wildman–Crippen LogP) is 2.08. The summed E-state index contributed by atoms with van der Waals surface area (Å²) < 4.78 is 5.06. The molecule has 5 nitrogen and oxygen atoms in total. The van der Waals surface area contributed by atoms with E-state index in [2.05, 4.69) is 19.9 Å². The second-order valence-electron chi connectivity index (χ2n) is 4.06. The molecule has 92 valence electrons. The van der Waals surface area contributed by atoms with Gasteiger partial charge in [0.1, 0.15) is 17.2 Å². The molecule has 0 aliphatic heterocycles. The van der Waals surface area contributed by atoms with Crippen LogP contribution in [0, 0.1) is 0 Å². The van der Waals surface area contributed by atoms with Crippen molar-refractivity contribution in [2.75, 3.05) is 7.11 Å². The number of hydrogen-bond donors (Lipinski definition) is 0. The van der Waals surface area contributed by atoms with Gasteiger partial charge in [0, 0.05) is 17.3 Å². The number of hydrogen-bond acceptors (Lipinski definition) is 5. The molecule has 0 saturated carbocycles. The highest BCUT2D eigenvalue weighted by Crippen LogP contribution is 2.28. The molecule has 0 amide bonds. The normalized spacial score (nSPS) is 13.4.